The molecule has 7 nitrogen and oxygen atoms in total. The van der Waals surface area contributed by atoms with Crippen LogP contribution in [0.3, 0.4) is 0 Å². The first kappa shape index (κ1) is 17.6. The van der Waals surface area contributed by atoms with Gasteiger partial charge in [0.15, 0.2) is 6.03 Å². The molecule has 1 aromatic carbocycles. The Morgan fingerprint density at radius 2 is 2.24 bits per heavy atom. The number of rotatable bonds is 3. The number of hydrogen-bond acceptors (Lipinski definition) is 4. The van der Waals surface area contributed by atoms with Crippen LogP contribution >= 0.6 is 0 Å². The molecule has 0 saturated heterocycles. The maximum Gasteiger partial charge on any atom is 2.00 e. The smallest absolute Gasteiger partial charge is 0.870 e. The summed E-state index contributed by atoms with van der Waals surface area (Å²) in [5.41, 5.74) is 8.05. The van der Waals surface area contributed by atoms with Gasteiger partial charge < -0.3 is 26.5 Å². The van der Waals surface area contributed by atoms with Crippen LogP contribution < -0.4 is 15.6 Å². The molecular formula is C9H12CoN3O4+. The zero-order valence-electron chi connectivity index (χ0n) is 8.92. The molecule has 17 heavy (non-hydrogen) atoms. The Morgan fingerprint density at radius 1 is 1.59 bits per heavy atom. The zero-order chi connectivity index (χ0) is 11.3. The predicted octanol–water partition coefficient (Wildman–Crippen LogP) is -0.369. The molecule has 1 rings (SSSR count). The van der Waals surface area contributed by atoms with Crippen molar-refractivity contribution in [3.8, 4) is 11.5 Å². The van der Waals surface area contributed by atoms with Crippen molar-refractivity contribution in [2.45, 2.75) is 0 Å². The summed E-state index contributed by atoms with van der Waals surface area (Å²) in [6.45, 7) is 0. The van der Waals surface area contributed by atoms with Gasteiger partial charge in [-0.3, -0.25) is 9.90 Å². The zero-order valence-corrected chi connectivity index (χ0v) is 9.96. The fourth-order valence-corrected chi connectivity index (χ4v) is 0.943. The summed E-state index contributed by atoms with van der Waals surface area (Å²) in [4.78, 5) is 10.2. The third kappa shape index (κ3) is 5.20. The van der Waals surface area contributed by atoms with Crippen LogP contribution in [-0.2, 0) is 22.3 Å². The molecule has 0 spiro atoms. The number of hydrogen-bond donors (Lipinski definition) is 1. The number of nitrogens with two attached hydrogens (primary N) is 1. The Hall–Kier alpha value is -1.77. The average molecular weight is 285 g/mol. The Labute approximate surface area is 108 Å². The second-order valence-electron chi connectivity index (χ2n) is 2.56. The molecule has 0 aliphatic heterocycles. The molecule has 1 aromatic rings. The third-order valence-corrected chi connectivity index (χ3v) is 1.58. The van der Waals surface area contributed by atoms with E-state index in [4.69, 9.17) is 10.5 Å². The summed E-state index contributed by atoms with van der Waals surface area (Å²) in [6, 6.07) is 3.78. The molecule has 0 unspecified atom stereocenters. The van der Waals surface area contributed by atoms with E-state index in [1.165, 1.54) is 19.2 Å². The summed E-state index contributed by atoms with van der Waals surface area (Å²) >= 11 is 0. The number of nitrogens with zero attached hydrogens (tertiary/aromatic N) is 2. The van der Waals surface area contributed by atoms with E-state index in [1.807, 2.05) is 0 Å². The van der Waals surface area contributed by atoms with Gasteiger partial charge in [0.2, 0.25) is 0 Å². The summed E-state index contributed by atoms with van der Waals surface area (Å²) < 4.78 is 4.82. The monoisotopic (exact) mass is 285 g/mol. The number of amides is 2. The number of urea groups is 1. The summed E-state index contributed by atoms with van der Waals surface area (Å²) in [5.74, 6) is -0.110. The minimum absolute atomic E-state index is 0. The van der Waals surface area contributed by atoms with Gasteiger partial charge in [-0.1, -0.05) is 17.9 Å². The minimum atomic E-state index is -0.915. The quantitative estimate of drug-likeness (QED) is 0.461. The molecule has 0 fully saturated rings. The van der Waals surface area contributed by atoms with Gasteiger partial charge in [-0.2, -0.15) is 0 Å². The second-order valence-corrected chi connectivity index (χ2v) is 2.56. The van der Waals surface area contributed by atoms with Crippen LogP contribution in [0.15, 0.2) is 23.3 Å². The molecule has 8 heteroatoms. The van der Waals surface area contributed by atoms with Crippen molar-refractivity contribution < 1.29 is 36.9 Å². The maximum atomic E-state index is 11.5. The number of benzene rings is 1. The Kier molecular flexibility index (Phi) is 8.69. The van der Waals surface area contributed by atoms with Crippen molar-refractivity contribution in [1.82, 2.24) is 0 Å². The van der Waals surface area contributed by atoms with Gasteiger partial charge in [0, 0.05) is 6.21 Å². The van der Waals surface area contributed by atoms with Crippen molar-refractivity contribution in [2.24, 2.45) is 10.8 Å². The number of carbonyl (C=O) groups is 1. The number of para-hydroxylation sites is 1. The molecule has 0 atom stereocenters. The first-order valence-electron chi connectivity index (χ1n) is 4.02. The number of carbonyl (C=O) groups excluding carboxylic acids is 1. The molecule has 0 saturated carbocycles. The Morgan fingerprint density at radius 3 is 2.76 bits per heavy atom. The Bertz CT molecular complexity index is 398. The molecule has 0 bridgehead atoms. The van der Waals surface area contributed by atoms with E-state index >= 15 is 0 Å². The molecule has 0 aromatic heterocycles. The van der Waals surface area contributed by atoms with Gasteiger partial charge in [-0.25, -0.2) is 0 Å². The van der Waals surface area contributed by atoms with Gasteiger partial charge in [0.1, 0.15) is 5.75 Å². The topological polar surface area (TPSA) is 135 Å². The van der Waals surface area contributed by atoms with Crippen molar-refractivity contribution in [3.05, 3.63) is 29.2 Å². The minimum Gasteiger partial charge on any atom is -0.870 e. The van der Waals surface area contributed by atoms with Crippen LogP contribution in [0.1, 0.15) is 5.56 Å². The summed E-state index contributed by atoms with van der Waals surface area (Å²) in [5, 5.41) is 14.8. The predicted molar refractivity (Wildman–Crippen MR) is 57.8 cm³/mol. The van der Waals surface area contributed by atoms with Gasteiger partial charge in [-0.05, 0) is 11.6 Å². The number of methoxy groups -OCH3 is 1. The van der Waals surface area contributed by atoms with E-state index < -0.39 is 6.03 Å². The van der Waals surface area contributed by atoms with Crippen LogP contribution in [0.2, 0.25) is 0 Å². The average Bonchev–Trinajstić information content (AvgIpc) is 2.20. The second kappa shape index (κ2) is 8.39. The first-order chi connectivity index (χ1) is 7.15. The normalized spacial score (nSPS) is 9.00. The van der Waals surface area contributed by atoms with E-state index in [0.29, 0.717) is 0 Å². The van der Waals surface area contributed by atoms with Crippen LogP contribution in [0.5, 0.6) is 11.5 Å². The van der Waals surface area contributed by atoms with Gasteiger partial charge in [0.05, 0.1) is 7.11 Å². The molecule has 1 radical (unpaired) electrons. The van der Waals surface area contributed by atoms with Crippen LogP contribution in [0.25, 0.3) is 5.43 Å². The van der Waals surface area contributed by atoms with Gasteiger partial charge >= 0.3 is 16.8 Å². The molecule has 0 heterocycles. The third-order valence-electron chi connectivity index (χ3n) is 1.58. The molecule has 2 amide bonds. The van der Waals surface area contributed by atoms with E-state index in [2.05, 4.69) is 10.5 Å². The van der Waals surface area contributed by atoms with Crippen molar-refractivity contribution >= 4 is 12.2 Å². The number of primary amides is 1. The van der Waals surface area contributed by atoms with Crippen molar-refractivity contribution in [3.63, 3.8) is 0 Å². The molecule has 95 valence electrons. The standard InChI is InChI=1S/C9H11N3O3.Co.H2O/c1-15-7-4-2-3-6(8(7)13)5-11-12-9(10)14;;/h2-5H,1H3,(H4,10,11,12,13,14);;1H2/q;+2;/p-1. The van der Waals surface area contributed by atoms with E-state index in [1.54, 1.807) is 6.07 Å². The number of ether oxygens (including phenoxy) is 1. The fourth-order valence-electron chi connectivity index (χ4n) is 0.943. The van der Waals surface area contributed by atoms with E-state index in [-0.39, 0.29) is 39.3 Å². The maximum absolute atomic E-state index is 11.5. The van der Waals surface area contributed by atoms with Crippen LogP contribution in [0, 0.1) is 0 Å². The van der Waals surface area contributed by atoms with E-state index in [0.717, 1.165) is 6.21 Å². The Balaban J connectivity index is 0. The molecule has 0 aliphatic rings. The molecular weight excluding hydrogens is 273 g/mol. The van der Waals surface area contributed by atoms with E-state index in [9.17, 15) is 9.90 Å². The SMILES string of the molecule is COc1cccc(/C=N/[N-]C(N)=O)c1[O-].[Co+2].[OH3+]. The fraction of sp³-hybridized carbons (Fsp3) is 0.111. The first-order valence-corrected chi connectivity index (χ1v) is 4.02. The summed E-state index contributed by atoms with van der Waals surface area (Å²) in [6.07, 6.45) is 1.15. The molecule has 5 N–H and O–H groups in total. The molecule has 0 aliphatic carbocycles. The van der Waals surface area contributed by atoms with Gasteiger partial charge in [0.25, 0.3) is 0 Å². The van der Waals surface area contributed by atoms with Crippen molar-refractivity contribution in [2.75, 3.05) is 7.11 Å². The summed E-state index contributed by atoms with van der Waals surface area (Å²) in [7, 11) is 1.39. The van der Waals surface area contributed by atoms with Crippen LogP contribution in [-0.4, -0.2) is 19.4 Å². The van der Waals surface area contributed by atoms with Crippen LogP contribution in [0.4, 0.5) is 4.79 Å². The largest absolute Gasteiger partial charge is 2.00 e. The van der Waals surface area contributed by atoms with Crippen molar-refractivity contribution in [1.29, 1.82) is 0 Å². The van der Waals surface area contributed by atoms with Gasteiger partial charge in [-0.15, -0.1) is 0 Å².